The lowest BCUT2D eigenvalue weighted by Crippen LogP contribution is -2.47. The third-order valence-corrected chi connectivity index (χ3v) is 3.85. The van der Waals surface area contributed by atoms with Crippen LogP contribution >= 0.6 is 0 Å². The van der Waals surface area contributed by atoms with E-state index in [0.29, 0.717) is 6.04 Å². The van der Waals surface area contributed by atoms with Crippen LogP contribution in [-0.4, -0.2) is 16.2 Å². The van der Waals surface area contributed by atoms with Gasteiger partial charge < -0.3 is 5.32 Å². The summed E-state index contributed by atoms with van der Waals surface area (Å²) in [5.74, 6) is 1.74. The number of H-pyrrole nitrogens is 1. The Balaban J connectivity index is 1.55. The van der Waals surface area contributed by atoms with Crippen molar-refractivity contribution in [3.8, 4) is 0 Å². The highest BCUT2D eigenvalue weighted by molar-refractivity contribution is 5.16. The average Bonchev–Trinajstić information content (AvgIpc) is 2.75. The van der Waals surface area contributed by atoms with Gasteiger partial charge in [0.1, 0.15) is 0 Å². The molecule has 0 saturated heterocycles. The minimum absolute atomic E-state index is 0.697. The molecule has 0 amide bonds. The molecule has 2 aliphatic rings. The fourth-order valence-electron chi connectivity index (χ4n) is 2.74. The zero-order valence-electron chi connectivity index (χ0n) is 9.03. The van der Waals surface area contributed by atoms with E-state index in [2.05, 4.69) is 34.6 Å². The molecule has 1 aromatic rings. The zero-order valence-corrected chi connectivity index (χ0v) is 9.03. The summed E-state index contributed by atoms with van der Waals surface area (Å²) in [5, 5.41) is 10.6. The standard InChI is InChI=1S/C12H17N3/c1-8-10(7-14-15-8)6-13-12-5-9-3-2-4-11(9)12/h2,4,7,9,11-13H,3,5-6H2,1H3,(H,14,15). The van der Waals surface area contributed by atoms with E-state index < -0.39 is 0 Å². The quantitative estimate of drug-likeness (QED) is 0.735. The van der Waals surface area contributed by atoms with Crippen molar-refractivity contribution in [1.82, 2.24) is 15.5 Å². The van der Waals surface area contributed by atoms with Gasteiger partial charge in [-0.15, -0.1) is 0 Å². The predicted octanol–water partition coefficient (Wildman–Crippen LogP) is 1.77. The van der Waals surface area contributed by atoms with Crippen molar-refractivity contribution >= 4 is 0 Å². The van der Waals surface area contributed by atoms with Crippen molar-refractivity contribution in [3.63, 3.8) is 0 Å². The summed E-state index contributed by atoms with van der Waals surface area (Å²) in [7, 11) is 0. The van der Waals surface area contributed by atoms with Gasteiger partial charge in [-0.25, -0.2) is 0 Å². The molecule has 3 rings (SSSR count). The molecule has 0 radical (unpaired) electrons. The van der Waals surface area contributed by atoms with E-state index in [-0.39, 0.29) is 0 Å². The fraction of sp³-hybridized carbons (Fsp3) is 0.583. The van der Waals surface area contributed by atoms with E-state index >= 15 is 0 Å². The summed E-state index contributed by atoms with van der Waals surface area (Å²) >= 11 is 0. The minimum atomic E-state index is 0.697. The van der Waals surface area contributed by atoms with Gasteiger partial charge in [0.15, 0.2) is 0 Å². The van der Waals surface area contributed by atoms with Crippen LogP contribution in [0, 0.1) is 18.8 Å². The van der Waals surface area contributed by atoms with Crippen LogP contribution in [-0.2, 0) is 6.54 Å². The van der Waals surface area contributed by atoms with Gasteiger partial charge in [0.25, 0.3) is 0 Å². The molecule has 15 heavy (non-hydrogen) atoms. The SMILES string of the molecule is Cc1[nH]ncc1CNC1CC2CC=CC21. The Hall–Kier alpha value is -1.09. The van der Waals surface area contributed by atoms with E-state index in [0.717, 1.165) is 18.4 Å². The predicted molar refractivity (Wildman–Crippen MR) is 59.3 cm³/mol. The molecular formula is C12H17N3. The van der Waals surface area contributed by atoms with Crippen molar-refractivity contribution in [1.29, 1.82) is 0 Å². The third kappa shape index (κ3) is 1.51. The molecule has 2 aliphatic carbocycles. The summed E-state index contributed by atoms with van der Waals surface area (Å²) in [4.78, 5) is 0. The number of nitrogens with one attached hydrogen (secondary N) is 2. The van der Waals surface area contributed by atoms with Crippen LogP contribution in [0.4, 0.5) is 0 Å². The van der Waals surface area contributed by atoms with Crippen LogP contribution in [0.5, 0.6) is 0 Å². The summed E-state index contributed by atoms with van der Waals surface area (Å²) in [6, 6.07) is 0.697. The van der Waals surface area contributed by atoms with Gasteiger partial charge in [-0.1, -0.05) is 12.2 Å². The van der Waals surface area contributed by atoms with Gasteiger partial charge in [-0.05, 0) is 31.6 Å². The van der Waals surface area contributed by atoms with Gasteiger partial charge in [0.2, 0.25) is 0 Å². The monoisotopic (exact) mass is 203 g/mol. The van der Waals surface area contributed by atoms with Crippen LogP contribution in [0.25, 0.3) is 0 Å². The first-order chi connectivity index (χ1) is 7.34. The number of nitrogens with zero attached hydrogens (tertiary/aromatic N) is 1. The van der Waals surface area contributed by atoms with E-state index in [1.807, 2.05) is 6.20 Å². The number of aromatic amines is 1. The normalized spacial score (nSPS) is 32.7. The number of allylic oxidation sites excluding steroid dienone is 1. The molecule has 1 fully saturated rings. The topological polar surface area (TPSA) is 40.7 Å². The summed E-state index contributed by atoms with van der Waals surface area (Å²) < 4.78 is 0. The van der Waals surface area contributed by atoms with Crippen LogP contribution in [0.3, 0.4) is 0 Å². The lowest BCUT2D eigenvalue weighted by atomic mass is 9.71. The van der Waals surface area contributed by atoms with Crippen molar-refractivity contribution in [3.05, 3.63) is 29.6 Å². The Kier molecular flexibility index (Phi) is 2.13. The zero-order chi connectivity index (χ0) is 10.3. The van der Waals surface area contributed by atoms with Crippen molar-refractivity contribution in [2.75, 3.05) is 0 Å². The molecule has 2 N–H and O–H groups in total. The largest absolute Gasteiger partial charge is 0.309 e. The lowest BCUT2D eigenvalue weighted by molar-refractivity contribution is 0.162. The van der Waals surface area contributed by atoms with E-state index in [9.17, 15) is 0 Å². The van der Waals surface area contributed by atoms with Gasteiger partial charge in [-0.2, -0.15) is 5.10 Å². The number of fused-ring (bicyclic) bond motifs is 1. The maximum absolute atomic E-state index is 4.03. The molecule has 3 heteroatoms. The first-order valence-corrected chi connectivity index (χ1v) is 5.73. The Morgan fingerprint density at radius 3 is 3.27 bits per heavy atom. The second-order valence-electron chi connectivity index (χ2n) is 4.74. The molecule has 3 unspecified atom stereocenters. The van der Waals surface area contributed by atoms with Crippen LogP contribution in [0.2, 0.25) is 0 Å². The second-order valence-corrected chi connectivity index (χ2v) is 4.74. The molecule has 3 nitrogen and oxygen atoms in total. The lowest BCUT2D eigenvalue weighted by Gasteiger charge is -2.40. The summed E-state index contributed by atoms with van der Waals surface area (Å²) in [6.45, 7) is 3.02. The third-order valence-electron chi connectivity index (χ3n) is 3.85. The van der Waals surface area contributed by atoms with Gasteiger partial charge >= 0.3 is 0 Å². The van der Waals surface area contributed by atoms with Crippen LogP contribution < -0.4 is 5.32 Å². The van der Waals surface area contributed by atoms with Crippen molar-refractivity contribution < 1.29 is 0 Å². The number of aromatic nitrogens is 2. The number of hydrogen-bond acceptors (Lipinski definition) is 2. The fourth-order valence-corrected chi connectivity index (χ4v) is 2.74. The first kappa shape index (κ1) is 9.16. The van der Waals surface area contributed by atoms with Gasteiger partial charge in [0, 0.05) is 23.8 Å². The maximum atomic E-state index is 4.03. The second kappa shape index (κ2) is 3.49. The molecule has 0 aromatic carbocycles. The van der Waals surface area contributed by atoms with Crippen LogP contribution in [0.15, 0.2) is 18.3 Å². The number of hydrogen-bond donors (Lipinski definition) is 2. The highest BCUT2D eigenvalue weighted by Crippen LogP contribution is 2.42. The Morgan fingerprint density at radius 1 is 1.60 bits per heavy atom. The molecule has 0 aliphatic heterocycles. The molecule has 1 heterocycles. The summed E-state index contributed by atoms with van der Waals surface area (Å²) in [6.07, 6.45) is 9.28. The first-order valence-electron chi connectivity index (χ1n) is 5.73. The molecule has 1 aromatic heterocycles. The summed E-state index contributed by atoms with van der Waals surface area (Å²) in [5.41, 5.74) is 2.47. The van der Waals surface area contributed by atoms with Gasteiger partial charge in [-0.3, -0.25) is 5.10 Å². The Morgan fingerprint density at radius 2 is 2.53 bits per heavy atom. The molecule has 0 spiro atoms. The van der Waals surface area contributed by atoms with Crippen molar-refractivity contribution in [2.24, 2.45) is 11.8 Å². The minimum Gasteiger partial charge on any atom is -0.309 e. The highest BCUT2D eigenvalue weighted by atomic mass is 15.1. The maximum Gasteiger partial charge on any atom is 0.0535 e. The van der Waals surface area contributed by atoms with Gasteiger partial charge in [0.05, 0.1) is 6.20 Å². The molecule has 3 atom stereocenters. The Bertz CT molecular complexity index is 380. The molecule has 1 saturated carbocycles. The molecular weight excluding hydrogens is 186 g/mol. The van der Waals surface area contributed by atoms with E-state index in [4.69, 9.17) is 0 Å². The van der Waals surface area contributed by atoms with Crippen LogP contribution in [0.1, 0.15) is 24.1 Å². The molecule has 80 valence electrons. The van der Waals surface area contributed by atoms with Crippen molar-refractivity contribution in [2.45, 2.75) is 32.4 Å². The number of aryl methyl sites for hydroxylation is 1. The van der Waals surface area contributed by atoms with E-state index in [1.165, 1.54) is 24.1 Å². The smallest absolute Gasteiger partial charge is 0.0535 e. The average molecular weight is 203 g/mol. The Labute approximate surface area is 90.0 Å². The highest BCUT2D eigenvalue weighted by Gasteiger charge is 2.40. The van der Waals surface area contributed by atoms with E-state index in [1.54, 1.807) is 0 Å². The number of rotatable bonds is 3. The molecule has 0 bridgehead atoms.